The van der Waals surface area contributed by atoms with Gasteiger partial charge in [0.25, 0.3) is 0 Å². The highest BCUT2D eigenvalue weighted by Crippen LogP contribution is 2.10. The number of thiazole rings is 1. The number of hydrogen-bond acceptors (Lipinski definition) is 4. The molecule has 1 heterocycles. The number of aryl methyl sites for hydroxylation is 1. The first-order valence-corrected chi connectivity index (χ1v) is 9.04. The van der Waals surface area contributed by atoms with Crippen LogP contribution in [-0.4, -0.2) is 36.5 Å². The lowest BCUT2D eigenvalue weighted by atomic mass is 10.1. The Labute approximate surface area is 148 Å². The highest BCUT2D eigenvalue weighted by atomic mass is 32.1. The maximum atomic E-state index is 4.36. The van der Waals surface area contributed by atoms with E-state index in [0.29, 0.717) is 6.54 Å². The number of guanidine groups is 1. The number of rotatable bonds is 7. The van der Waals surface area contributed by atoms with Gasteiger partial charge in [-0.25, -0.2) is 4.98 Å². The van der Waals surface area contributed by atoms with Crippen molar-refractivity contribution in [1.82, 2.24) is 20.5 Å². The second kappa shape index (κ2) is 9.39. The fraction of sp³-hybridized carbons (Fsp3) is 0.444. The Morgan fingerprint density at radius 3 is 2.67 bits per heavy atom. The third-order valence-corrected chi connectivity index (χ3v) is 4.66. The molecule has 0 saturated heterocycles. The average Bonchev–Trinajstić information content (AvgIpc) is 3.00. The van der Waals surface area contributed by atoms with Gasteiger partial charge in [0.1, 0.15) is 5.01 Å². The summed E-state index contributed by atoms with van der Waals surface area (Å²) in [6, 6.07) is 8.68. The van der Waals surface area contributed by atoms with Crippen molar-refractivity contribution in [1.29, 1.82) is 0 Å². The summed E-state index contributed by atoms with van der Waals surface area (Å²) >= 11 is 1.70. The third-order valence-electron chi connectivity index (χ3n) is 3.74. The fourth-order valence-corrected chi connectivity index (χ4v) is 3.04. The van der Waals surface area contributed by atoms with Gasteiger partial charge in [0, 0.05) is 31.2 Å². The van der Waals surface area contributed by atoms with Crippen LogP contribution in [0.2, 0.25) is 0 Å². The zero-order valence-corrected chi connectivity index (χ0v) is 15.8. The first kappa shape index (κ1) is 18.4. The summed E-state index contributed by atoms with van der Waals surface area (Å²) < 4.78 is 0. The van der Waals surface area contributed by atoms with E-state index in [1.807, 2.05) is 6.20 Å². The van der Waals surface area contributed by atoms with Crippen LogP contribution in [0.1, 0.15) is 27.9 Å². The van der Waals surface area contributed by atoms with Gasteiger partial charge in [-0.2, -0.15) is 0 Å². The van der Waals surface area contributed by atoms with Gasteiger partial charge in [-0.3, -0.25) is 4.99 Å². The summed E-state index contributed by atoms with van der Waals surface area (Å²) in [4.78, 5) is 12.1. The zero-order valence-electron chi connectivity index (χ0n) is 15.0. The molecule has 130 valence electrons. The quantitative estimate of drug-likeness (QED) is 0.598. The molecule has 2 aromatic rings. The van der Waals surface area contributed by atoms with Crippen molar-refractivity contribution in [2.45, 2.75) is 33.5 Å². The molecule has 0 spiro atoms. The summed E-state index contributed by atoms with van der Waals surface area (Å²) in [5.74, 6) is 0.791. The molecule has 0 unspecified atom stereocenters. The van der Waals surface area contributed by atoms with Crippen LogP contribution < -0.4 is 10.6 Å². The maximum Gasteiger partial charge on any atom is 0.191 e. The molecule has 2 rings (SSSR count). The number of aromatic nitrogens is 1. The van der Waals surface area contributed by atoms with Gasteiger partial charge >= 0.3 is 0 Å². The lowest BCUT2D eigenvalue weighted by Gasteiger charge is -2.15. The van der Waals surface area contributed by atoms with Crippen LogP contribution in [0.15, 0.2) is 35.5 Å². The Bertz CT molecular complexity index is 665. The largest absolute Gasteiger partial charge is 0.352 e. The topological polar surface area (TPSA) is 52.5 Å². The molecular weight excluding hydrogens is 318 g/mol. The van der Waals surface area contributed by atoms with Crippen LogP contribution in [0.25, 0.3) is 0 Å². The van der Waals surface area contributed by atoms with Crippen molar-refractivity contribution in [2.75, 3.05) is 20.6 Å². The molecule has 0 aliphatic rings. The predicted octanol–water partition coefficient (Wildman–Crippen LogP) is 2.77. The van der Waals surface area contributed by atoms with Gasteiger partial charge in [0.2, 0.25) is 0 Å². The molecule has 24 heavy (non-hydrogen) atoms. The van der Waals surface area contributed by atoms with E-state index >= 15 is 0 Å². The van der Waals surface area contributed by atoms with Crippen LogP contribution >= 0.6 is 11.3 Å². The van der Waals surface area contributed by atoms with Crippen LogP contribution in [0, 0.1) is 6.92 Å². The van der Waals surface area contributed by atoms with Gasteiger partial charge in [0.05, 0.1) is 6.54 Å². The van der Waals surface area contributed by atoms with E-state index in [2.05, 4.69) is 70.7 Å². The Balaban J connectivity index is 1.85. The smallest absolute Gasteiger partial charge is 0.191 e. The highest BCUT2D eigenvalue weighted by Gasteiger charge is 2.03. The molecule has 5 nitrogen and oxygen atoms in total. The number of hydrogen-bond donors (Lipinski definition) is 2. The van der Waals surface area contributed by atoms with Crippen molar-refractivity contribution >= 4 is 17.3 Å². The van der Waals surface area contributed by atoms with E-state index in [-0.39, 0.29) is 0 Å². The average molecular weight is 346 g/mol. The maximum absolute atomic E-state index is 4.36. The van der Waals surface area contributed by atoms with Crippen molar-refractivity contribution in [2.24, 2.45) is 4.99 Å². The Morgan fingerprint density at radius 1 is 1.25 bits per heavy atom. The SMILES string of the molecule is CCN(C)Cc1cccc(CNC(=NC)NCc2ncc(C)s2)c1. The monoisotopic (exact) mass is 345 g/mol. The molecule has 0 bridgehead atoms. The van der Waals surface area contributed by atoms with E-state index in [9.17, 15) is 0 Å². The number of benzene rings is 1. The van der Waals surface area contributed by atoms with E-state index < -0.39 is 0 Å². The molecule has 0 atom stereocenters. The highest BCUT2D eigenvalue weighted by molar-refractivity contribution is 7.11. The van der Waals surface area contributed by atoms with Gasteiger partial charge in [-0.05, 0) is 31.6 Å². The van der Waals surface area contributed by atoms with Crippen molar-refractivity contribution < 1.29 is 0 Å². The lowest BCUT2D eigenvalue weighted by molar-refractivity contribution is 0.345. The van der Waals surface area contributed by atoms with Crippen LogP contribution in [0.4, 0.5) is 0 Å². The molecule has 0 amide bonds. The van der Waals surface area contributed by atoms with Gasteiger partial charge < -0.3 is 15.5 Å². The minimum absolute atomic E-state index is 0.694. The second-order valence-corrected chi connectivity index (χ2v) is 7.11. The van der Waals surface area contributed by atoms with E-state index in [1.54, 1.807) is 18.4 Å². The Morgan fingerprint density at radius 2 is 2.00 bits per heavy atom. The molecule has 0 fully saturated rings. The number of nitrogens with zero attached hydrogens (tertiary/aromatic N) is 3. The minimum Gasteiger partial charge on any atom is -0.352 e. The third kappa shape index (κ3) is 5.94. The predicted molar refractivity (Wildman–Crippen MR) is 102 cm³/mol. The van der Waals surface area contributed by atoms with E-state index in [4.69, 9.17) is 0 Å². The van der Waals surface area contributed by atoms with Gasteiger partial charge in [-0.1, -0.05) is 31.2 Å². The Kier molecular flexibility index (Phi) is 7.21. The summed E-state index contributed by atoms with van der Waals surface area (Å²) in [7, 11) is 3.92. The Hall–Kier alpha value is -1.92. The van der Waals surface area contributed by atoms with Gasteiger partial charge in [-0.15, -0.1) is 11.3 Å². The second-order valence-electron chi connectivity index (χ2n) is 5.79. The van der Waals surface area contributed by atoms with E-state index in [0.717, 1.165) is 30.6 Å². The summed E-state index contributed by atoms with van der Waals surface area (Å²) in [6.45, 7) is 7.71. The van der Waals surface area contributed by atoms with Crippen LogP contribution in [0.5, 0.6) is 0 Å². The van der Waals surface area contributed by atoms with Crippen LogP contribution in [0.3, 0.4) is 0 Å². The van der Waals surface area contributed by atoms with Gasteiger partial charge in [0.15, 0.2) is 5.96 Å². The number of aliphatic imine (C=N–C) groups is 1. The first-order chi connectivity index (χ1) is 11.6. The summed E-state index contributed by atoms with van der Waals surface area (Å²) in [6.07, 6.45) is 1.90. The minimum atomic E-state index is 0.694. The standard InChI is InChI=1S/C18H27N5S/c1-5-23(4)13-16-8-6-7-15(9-16)11-21-18(19-3)22-12-17-20-10-14(2)24-17/h6-10H,5,11-13H2,1-4H3,(H2,19,21,22). The lowest BCUT2D eigenvalue weighted by Crippen LogP contribution is -2.36. The first-order valence-electron chi connectivity index (χ1n) is 8.23. The fourth-order valence-electron chi connectivity index (χ4n) is 2.31. The number of nitrogens with one attached hydrogen (secondary N) is 2. The van der Waals surface area contributed by atoms with Crippen LogP contribution in [-0.2, 0) is 19.6 Å². The summed E-state index contributed by atoms with van der Waals surface area (Å²) in [5.41, 5.74) is 2.59. The molecule has 0 aliphatic heterocycles. The molecule has 1 aromatic heterocycles. The summed E-state index contributed by atoms with van der Waals surface area (Å²) in [5, 5.41) is 7.73. The van der Waals surface area contributed by atoms with Crippen molar-refractivity contribution in [3.63, 3.8) is 0 Å². The van der Waals surface area contributed by atoms with E-state index in [1.165, 1.54) is 16.0 Å². The molecule has 0 radical (unpaired) electrons. The molecule has 1 aromatic carbocycles. The molecule has 6 heteroatoms. The van der Waals surface area contributed by atoms with Crippen molar-refractivity contribution in [3.05, 3.63) is 51.5 Å². The molecule has 0 saturated carbocycles. The molecule has 2 N–H and O–H groups in total. The normalized spacial score (nSPS) is 11.8. The van der Waals surface area contributed by atoms with Crippen molar-refractivity contribution in [3.8, 4) is 0 Å². The molecule has 0 aliphatic carbocycles. The molecular formula is C18H27N5S. The zero-order chi connectivity index (χ0) is 17.4.